The van der Waals surface area contributed by atoms with Gasteiger partial charge < -0.3 is 15.8 Å². The van der Waals surface area contributed by atoms with Crippen LogP contribution in [0.3, 0.4) is 0 Å². The fraction of sp³-hybridized carbons (Fsp3) is 0.700. The monoisotopic (exact) mass is 200 g/mol. The second kappa shape index (κ2) is 7.53. The largest absolute Gasteiger partial charge is 0.376 e. The van der Waals surface area contributed by atoms with Crippen LogP contribution in [0.1, 0.15) is 13.8 Å². The van der Waals surface area contributed by atoms with Crippen molar-refractivity contribution in [2.45, 2.75) is 13.8 Å². The summed E-state index contributed by atoms with van der Waals surface area (Å²) in [6.07, 6.45) is 0. The van der Waals surface area contributed by atoms with Gasteiger partial charge in [0.2, 0.25) is 5.91 Å². The minimum atomic E-state index is -0.277. The summed E-state index contributed by atoms with van der Waals surface area (Å²) in [5.74, 6) is -0.406. The average molecular weight is 200 g/mol. The smallest absolute Gasteiger partial charge is 0.221 e. The van der Waals surface area contributed by atoms with Crippen molar-refractivity contribution < 1.29 is 9.53 Å². The third kappa shape index (κ3) is 7.76. The van der Waals surface area contributed by atoms with E-state index in [1.165, 1.54) is 0 Å². The van der Waals surface area contributed by atoms with Gasteiger partial charge in [-0.15, -0.1) is 0 Å². The lowest BCUT2D eigenvalue weighted by Crippen LogP contribution is -2.32. The summed E-state index contributed by atoms with van der Waals surface area (Å²) in [6, 6.07) is 0. The van der Waals surface area contributed by atoms with Crippen LogP contribution in [0.4, 0.5) is 0 Å². The van der Waals surface area contributed by atoms with Gasteiger partial charge in [-0.3, -0.25) is 4.79 Å². The first-order valence-electron chi connectivity index (χ1n) is 4.76. The highest BCUT2D eigenvalue weighted by molar-refractivity contribution is 5.76. The Bertz CT molecular complexity index is 193. The topological polar surface area (TPSA) is 64.3 Å². The fourth-order valence-corrected chi connectivity index (χ4v) is 0.810. The van der Waals surface area contributed by atoms with Crippen molar-refractivity contribution >= 4 is 5.91 Å². The zero-order valence-electron chi connectivity index (χ0n) is 9.01. The molecule has 0 aromatic carbocycles. The summed E-state index contributed by atoms with van der Waals surface area (Å²) in [5, 5.41) is 3.08. The second-order valence-electron chi connectivity index (χ2n) is 3.52. The van der Waals surface area contributed by atoms with E-state index < -0.39 is 0 Å². The first-order chi connectivity index (χ1) is 6.54. The summed E-state index contributed by atoms with van der Waals surface area (Å²) in [7, 11) is 0. The number of hydrogen-bond acceptors (Lipinski definition) is 3. The maximum absolute atomic E-state index is 10.6. The molecule has 1 atom stereocenters. The van der Waals surface area contributed by atoms with Crippen LogP contribution in [-0.2, 0) is 9.53 Å². The predicted molar refractivity (Wildman–Crippen MR) is 56.9 cm³/mol. The lowest BCUT2D eigenvalue weighted by atomic mass is 10.2. The summed E-state index contributed by atoms with van der Waals surface area (Å²) < 4.78 is 5.26. The van der Waals surface area contributed by atoms with Crippen LogP contribution in [0.15, 0.2) is 12.2 Å². The number of carbonyl (C=O) groups excluding carboxylic acids is 1. The van der Waals surface area contributed by atoms with Crippen LogP contribution < -0.4 is 11.1 Å². The van der Waals surface area contributed by atoms with Gasteiger partial charge in [0.25, 0.3) is 0 Å². The zero-order valence-corrected chi connectivity index (χ0v) is 9.01. The highest BCUT2D eigenvalue weighted by Crippen LogP contribution is 1.89. The van der Waals surface area contributed by atoms with Crippen molar-refractivity contribution in [3.63, 3.8) is 0 Å². The van der Waals surface area contributed by atoms with Gasteiger partial charge in [0.05, 0.1) is 13.2 Å². The van der Waals surface area contributed by atoms with Crippen LogP contribution in [0.5, 0.6) is 0 Å². The number of hydrogen-bond donors (Lipinski definition) is 2. The zero-order chi connectivity index (χ0) is 11.0. The van der Waals surface area contributed by atoms with Gasteiger partial charge in [0, 0.05) is 19.0 Å². The van der Waals surface area contributed by atoms with E-state index in [1.54, 1.807) is 6.92 Å². The highest BCUT2D eigenvalue weighted by atomic mass is 16.5. The van der Waals surface area contributed by atoms with Crippen LogP contribution in [0.25, 0.3) is 0 Å². The van der Waals surface area contributed by atoms with E-state index in [0.29, 0.717) is 19.8 Å². The van der Waals surface area contributed by atoms with E-state index in [4.69, 9.17) is 10.5 Å². The molecule has 0 aromatic rings. The number of nitrogens with one attached hydrogen (secondary N) is 1. The maximum Gasteiger partial charge on any atom is 0.221 e. The van der Waals surface area contributed by atoms with Gasteiger partial charge in [0.15, 0.2) is 0 Å². The first-order valence-corrected chi connectivity index (χ1v) is 4.76. The van der Waals surface area contributed by atoms with Crippen LogP contribution >= 0.6 is 0 Å². The molecule has 82 valence electrons. The number of rotatable bonds is 8. The molecule has 3 N–H and O–H groups in total. The van der Waals surface area contributed by atoms with Crippen molar-refractivity contribution in [2.24, 2.45) is 11.7 Å². The second-order valence-corrected chi connectivity index (χ2v) is 3.52. The van der Waals surface area contributed by atoms with Crippen LogP contribution in [0, 0.1) is 5.92 Å². The predicted octanol–water partition coefficient (Wildman–Crippen LogP) is 0.290. The Morgan fingerprint density at radius 1 is 1.64 bits per heavy atom. The lowest BCUT2D eigenvalue weighted by molar-refractivity contribution is -0.121. The minimum absolute atomic E-state index is 0.129. The standard InChI is InChI=1S/C10H20N2O2/c1-8(2)7-14-5-4-12-6-9(3)10(11)13/h9,12H,1,4-7H2,2-3H3,(H2,11,13). The van der Waals surface area contributed by atoms with Gasteiger partial charge in [-0.25, -0.2) is 0 Å². The summed E-state index contributed by atoms with van der Waals surface area (Å²) in [6.45, 7) is 9.98. The summed E-state index contributed by atoms with van der Waals surface area (Å²) in [4.78, 5) is 10.6. The molecule has 1 amide bonds. The number of carbonyl (C=O) groups is 1. The van der Waals surface area contributed by atoms with Crippen molar-refractivity contribution in [3.8, 4) is 0 Å². The molecule has 0 aliphatic rings. The van der Waals surface area contributed by atoms with Gasteiger partial charge in [-0.1, -0.05) is 19.1 Å². The molecule has 1 unspecified atom stereocenters. The van der Waals surface area contributed by atoms with E-state index in [1.807, 2.05) is 6.92 Å². The van der Waals surface area contributed by atoms with E-state index in [0.717, 1.165) is 12.1 Å². The fourth-order valence-electron chi connectivity index (χ4n) is 0.810. The number of amides is 1. The SMILES string of the molecule is C=C(C)COCCNCC(C)C(N)=O. The Kier molecular flexibility index (Phi) is 7.06. The van der Waals surface area contributed by atoms with Gasteiger partial charge in [-0.05, 0) is 6.92 Å². The molecule has 0 bridgehead atoms. The first kappa shape index (κ1) is 13.1. The number of primary amides is 1. The van der Waals surface area contributed by atoms with Gasteiger partial charge in [-0.2, -0.15) is 0 Å². The Balaban J connectivity index is 3.21. The lowest BCUT2D eigenvalue weighted by Gasteiger charge is -2.09. The Labute approximate surface area is 85.5 Å². The third-order valence-corrected chi connectivity index (χ3v) is 1.71. The molecule has 0 heterocycles. The molecule has 0 aromatic heterocycles. The van der Waals surface area contributed by atoms with Gasteiger partial charge >= 0.3 is 0 Å². The van der Waals surface area contributed by atoms with Gasteiger partial charge in [0.1, 0.15) is 0 Å². The molecule has 0 saturated heterocycles. The molecule has 4 heteroatoms. The average Bonchev–Trinajstić information content (AvgIpc) is 2.09. The molecular formula is C10H20N2O2. The minimum Gasteiger partial charge on any atom is -0.376 e. The van der Waals surface area contributed by atoms with E-state index in [-0.39, 0.29) is 11.8 Å². The molecule has 0 radical (unpaired) electrons. The molecule has 0 saturated carbocycles. The summed E-state index contributed by atoms with van der Waals surface area (Å²) >= 11 is 0. The van der Waals surface area contributed by atoms with Crippen molar-refractivity contribution in [1.82, 2.24) is 5.32 Å². The number of nitrogens with two attached hydrogens (primary N) is 1. The number of ether oxygens (including phenoxy) is 1. The van der Waals surface area contributed by atoms with Crippen LogP contribution in [-0.4, -0.2) is 32.2 Å². The Hall–Kier alpha value is -0.870. The highest BCUT2D eigenvalue weighted by Gasteiger charge is 2.06. The van der Waals surface area contributed by atoms with Crippen molar-refractivity contribution in [3.05, 3.63) is 12.2 Å². The normalized spacial score (nSPS) is 12.4. The van der Waals surface area contributed by atoms with E-state index in [9.17, 15) is 4.79 Å². The summed E-state index contributed by atoms with van der Waals surface area (Å²) in [5.41, 5.74) is 6.10. The Morgan fingerprint density at radius 2 is 2.29 bits per heavy atom. The van der Waals surface area contributed by atoms with E-state index in [2.05, 4.69) is 11.9 Å². The quantitative estimate of drug-likeness (QED) is 0.437. The molecule has 4 nitrogen and oxygen atoms in total. The molecule has 0 rings (SSSR count). The van der Waals surface area contributed by atoms with Crippen molar-refractivity contribution in [1.29, 1.82) is 0 Å². The maximum atomic E-state index is 10.6. The van der Waals surface area contributed by atoms with Crippen LogP contribution in [0.2, 0.25) is 0 Å². The molecule has 0 aliphatic carbocycles. The molecular weight excluding hydrogens is 180 g/mol. The Morgan fingerprint density at radius 3 is 2.79 bits per heavy atom. The van der Waals surface area contributed by atoms with Crippen molar-refractivity contribution in [2.75, 3.05) is 26.3 Å². The third-order valence-electron chi connectivity index (χ3n) is 1.71. The molecule has 0 fully saturated rings. The molecule has 0 spiro atoms. The van der Waals surface area contributed by atoms with E-state index >= 15 is 0 Å². The molecule has 14 heavy (non-hydrogen) atoms. The molecule has 0 aliphatic heterocycles.